The maximum absolute atomic E-state index is 5.90. The molecule has 0 bridgehead atoms. The van der Waals surface area contributed by atoms with Crippen molar-refractivity contribution in [1.29, 1.82) is 0 Å². The van der Waals surface area contributed by atoms with Gasteiger partial charge in [-0.15, -0.1) is 0 Å². The molecule has 0 aromatic heterocycles. The van der Waals surface area contributed by atoms with E-state index >= 15 is 0 Å². The van der Waals surface area contributed by atoms with Gasteiger partial charge in [-0.2, -0.15) is 0 Å². The summed E-state index contributed by atoms with van der Waals surface area (Å²) in [5.41, 5.74) is 7.24. The fourth-order valence-corrected chi connectivity index (χ4v) is 8.73. The molecular formula is C23H41N. The molecule has 138 valence electrons. The van der Waals surface area contributed by atoms with Gasteiger partial charge in [-0.1, -0.05) is 33.6 Å². The molecule has 1 heteroatoms. The highest BCUT2D eigenvalue weighted by atomic mass is 14.6. The van der Waals surface area contributed by atoms with Crippen LogP contribution in [0.4, 0.5) is 0 Å². The Labute approximate surface area is 150 Å². The Balaban J connectivity index is 1.57. The van der Waals surface area contributed by atoms with Crippen LogP contribution in [0.2, 0.25) is 0 Å². The van der Waals surface area contributed by atoms with Crippen LogP contribution >= 0.6 is 0 Å². The van der Waals surface area contributed by atoms with Crippen LogP contribution in [0.25, 0.3) is 0 Å². The highest BCUT2D eigenvalue weighted by molar-refractivity contribution is 5.09. The van der Waals surface area contributed by atoms with Gasteiger partial charge in [0.25, 0.3) is 0 Å². The summed E-state index contributed by atoms with van der Waals surface area (Å²) in [7, 11) is 0. The van der Waals surface area contributed by atoms with E-state index in [-0.39, 0.29) is 0 Å². The Kier molecular flexibility index (Phi) is 4.55. The van der Waals surface area contributed by atoms with Crippen LogP contribution in [0.15, 0.2) is 0 Å². The molecule has 2 N–H and O–H groups in total. The molecule has 0 amide bonds. The van der Waals surface area contributed by atoms with Gasteiger partial charge in [0.05, 0.1) is 0 Å². The van der Waals surface area contributed by atoms with Gasteiger partial charge in [0, 0.05) is 0 Å². The van der Waals surface area contributed by atoms with E-state index in [0.29, 0.717) is 10.8 Å². The SMILES string of the molecule is CC(CCN)C1CCC2C3CCC4CCCCC4(C)C3CCC12C. The predicted octanol–water partition coefficient (Wildman–Crippen LogP) is 6.02. The second kappa shape index (κ2) is 6.29. The zero-order valence-corrected chi connectivity index (χ0v) is 16.5. The van der Waals surface area contributed by atoms with Crippen molar-refractivity contribution in [3.05, 3.63) is 0 Å². The summed E-state index contributed by atoms with van der Waals surface area (Å²) in [6.07, 6.45) is 16.5. The highest BCUT2D eigenvalue weighted by Crippen LogP contribution is 2.68. The molecule has 0 aliphatic heterocycles. The molecule has 4 rings (SSSR count). The Hall–Kier alpha value is -0.0400. The lowest BCUT2D eigenvalue weighted by Crippen LogP contribution is -2.53. The van der Waals surface area contributed by atoms with Crippen molar-refractivity contribution in [1.82, 2.24) is 0 Å². The summed E-state index contributed by atoms with van der Waals surface area (Å²) < 4.78 is 0. The first-order valence-electron chi connectivity index (χ1n) is 11.2. The number of nitrogens with two attached hydrogens (primary N) is 1. The molecule has 0 saturated heterocycles. The van der Waals surface area contributed by atoms with Gasteiger partial charge in [-0.3, -0.25) is 0 Å². The summed E-state index contributed by atoms with van der Waals surface area (Å²) in [6, 6.07) is 0. The van der Waals surface area contributed by atoms with Gasteiger partial charge in [0.1, 0.15) is 0 Å². The molecule has 4 aliphatic rings. The minimum atomic E-state index is 0.633. The van der Waals surface area contributed by atoms with Crippen LogP contribution in [0, 0.1) is 46.3 Å². The summed E-state index contributed by atoms with van der Waals surface area (Å²) >= 11 is 0. The fraction of sp³-hybridized carbons (Fsp3) is 1.00. The molecule has 8 atom stereocenters. The third kappa shape index (κ3) is 2.43. The first kappa shape index (κ1) is 17.4. The number of rotatable bonds is 3. The standard InChI is InChI=1S/C23H41N/c1-16(12-15-24)19-9-10-20-18-8-7-17-6-4-5-13-22(17,2)21(18)11-14-23(19,20)3/h16-21H,4-15,24H2,1-3H3. The van der Waals surface area contributed by atoms with Crippen molar-refractivity contribution < 1.29 is 0 Å². The molecule has 0 spiro atoms. The zero-order valence-electron chi connectivity index (χ0n) is 16.5. The van der Waals surface area contributed by atoms with Crippen molar-refractivity contribution in [3.63, 3.8) is 0 Å². The van der Waals surface area contributed by atoms with E-state index in [1.807, 2.05) is 0 Å². The fourth-order valence-electron chi connectivity index (χ4n) is 8.73. The third-order valence-corrected chi connectivity index (χ3v) is 9.97. The largest absolute Gasteiger partial charge is 0.330 e. The minimum Gasteiger partial charge on any atom is -0.330 e. The van der Waals surface area contributed by atoms with E-state index < -0.39 is 0 Å². The van der Waals surface area contributed by atoms with Crippen LogP contribution < -0.4 is 5.73 Å². The van der Waals surface area contributed by atoms with Crippen LogP contribution in [0.1, 0.15) is 91.4 Å². The lowest BCUT2D eigenvalue weighted by atomic mass is 9.44. The molecule has 4 aliphatic carbocycles. The van der Waals surface area contributed by atoms with Gasteiger partial charge in [-0.05, 0) is 111 Å². The third-order valence-electron chi connectivity index (χ3n) is 9.97. The first-order chi connectivity index (χ1) is 11.5. The Morgan fingerprint density at radius 2 is 1.67 bits per heavy atom. The van der Waals surface area contributed by atoms with E-state index in [2.05, 4.69) is 20.8 Å². The Morgan fingerprint density at radius 1 is 0.875 bits per heavy atom. The van der Waals surface area contributed by atoms with Crippen LogP contribution in [0.5, 0.6) is 0 Å². The van der Waals surface area contributed by atoms with Crippen molar-refractivity contribution in [2.45, 2.75) is 91.4 Å². The lowest BCUT2D eigenvalue weighted by molar-refractivity contribution is -0.114. The van der Waals surface area contributed by atoms with E-state index in [1.54, 1.807) is 12.8 Å². The van der Waals surface area contributed by atoms with E-state index in [1.165, 1.54) is 57.8 Å². The van der Waals surface area contributed by atoms with Gasteiger partial charge in [0.2, 0.25) is 0 Å². The molecular weight excluding hydrogens is 290 g/mol. The minimum absolute atomic E-state index is 0.633. The molecule has 8 unspecified atom stereocenters. The zero-order chi connectivity index (χ0) is 16.9. The summed E-state index contributed by atoms with van der Waals surface area (Å²) in [6.45, 7) is 8.77. The van der Waals surface area contributed by atoms with Gasteiger partial charge in [-0.25, -0.2) is 0 Å². The number of hydrogen-bond donors (Lipinski definition) is 1. The summed E-state index contributed by atoms with van der Waals surface area (Å²) in [5, 5.41) is 0. The molecule has 1 nitrogen and oxygen atoms in total. The Bertz CT molecular complexity index is 459. The predicted molar refractivity (Wildman–Crippen MR) is 103 cm³/mol. The molecule has 0 aromatic rings. The monoisotopic (exact) mass is 331 g/mol. The van der Waals surface area contributed by atoms with Gasteiger partial charge < -0.3 is 5.73 Å². The van der Waals surface area contributed by atoms with Crippen LogP contribution in [-0.2, 0) is 0 Å². The Morgan fingerprint density at radius 3 is 2.46 bits per heavy atom. The number of fused-ring (bicyclic) bond motifs is 5. The molecule has 4 fully saturated rings. The quantitative estimate of drug-likeness (QED) is 0.672. The molecule has 0 heterocycles. The van der Waals surface area contributed by atoms with Gasteiger partial charge >= 0.3 is 0 Å². The molecule has 4 saturated carbocycles. The van der Waals surface area contributed by atoms with Crippen molar-refractivity contribution in [2.75, 3.05) is 6.54 Å². The molecule has 0 radical (unpaired) electrons. The summed E-state index contributed by atoms with van der Waals surface area (Å²) in [4.78, 5) is 0. The highest BCUT2D eigenvalue weighted by Gasteiger charge is 2.59. The topological polar surface area (TPSA) is 26.0 Å². The van der Waals surface area contributed by atoms with Crippen LogP contribution in [0.3, 0.4) is 0 Å². The molecule has 0 aromatic carbocycles. The van der Waals surface area contributed by atoms with E-state index in [9.17, 15) is 0 Å². The normalized spacial score (nSPS) is 52.2. The maximum atomic E-state index is 5.90. The smallest absolute Gasteiger partial charge is 0.00746 e. The van der Waals surface area contributed by atoms with Crippen molar-refractivity contribution in [3.8, 4) is 0 Å². The second-order valence-electron chi connectivity index (χ2n) is 10.7. The second-order valence-corrected chi connectivity index (χ2v) is 10.7. The molecule has 24 heavy (non-hydrogen) atoms. The average molecular weight is 332 g/mol. The van der Waals surface area contributed by atoms with Crippen molar-refractivity contribution in [2.24, 2.45) is 52.1 Å². The van der Waals surface area contributed by atoms with Crippen molar-refractivity contribution >= 4 is 0 Å². The maximum Gasteiger partial charge on any atom is -0.00746 e. The van der Waals surface area contributed by atoms with Crippen LogP contribution in [-0.4, -0.2) is 6.54 Å². The van der Waals surface area contributed by atoms with E-state index in [4.69, 9.17) is 5.73 Å². The van der Waals surface area contributed by atoms with Gasteiger partial charge in [0.15, 0.2) is 0 Å². The average Bonchev–Trinajstić information content (AvgIpc) is 2.92. The lowest BCUT2D eigenvalue weighted by Gasteiger charge is -2.61. The first-order valence-corrected chi connectivity index (χ1v) is 11.2. The van der Waals surface area contributed by atoms with E-state index in [0.717, 1.165) is 42.1 Å². The number of hydrogen-bond acceptors (Lipinski definition) is 1. The summed E-state index contributed by atoms with van der Waals surface area (Å²) in [5.74, 6) is 5.98.